The van der Waals surface area contributed by atoms with Gasteiger partial charge in [-0.15, -0.1) is 0 Å². The number of pyridine rings is 2. The van der Waals surface area contributed by atoms with Gasteiger partial charge in [0.05, 0.1) is 11.9 Å². The Morgan fingerprint density at radius 2 is 2.00 bits per heavy atom. The van der Waals surface area contributed by atoms with Crippen LogP contribution < -0.4 is 4.90 Å². The molecule has 2 rings (SSSR count). The minimum atomic E-state index is 0.879. The van der Waals surface area contributed by atoms with Crippen molar-refractivity contribution in [1.82, 2.24) is 9.97 Å². The molecule has 82 valence electrons. The molecule has 0 fully saturated rings. The molecule has 0 amide bonds. The Kier molecular flexibility index (Phi) is 3.15. The first-order valence-corrected chi connectivity index (χ1v) is 5.42. The number of anilines is 2. The van der Waals surface area contributed by atoms with Gasteiger partial charge in [0.15, 0.2) is 0 Å². The summed E-state index contributed by atoms with van der Waals surface area (Å²) in [4.78, 5) is 10.7. The van der Waals surface area contributed by atoms with Crippen LogP contribution in [0.3, 0.4) is 0 Å². The molecule has 0 atom stereocenters. The van der Waals surface area contributed by atoms with Gasteiger partial charge < -0.3 is 4.90 Å². The molecular weight excluding hydrogens is 198 g/mol. The Bertz CT molecular complexity index is 454. The van der Waals surface area contributed by atoms with Crippen molar-refractivity contribution in [3.05, 3.63) is 48.4 Å². The molecule has 0 unspecified atom stereocenters. The summed E-state index contributed by atoms with van der Waals surface area (Å²) in [5, 5.41) is 0. The predicted octanol–water partition coefficient (Wildman–Crippen LogP) is 2.94. The van der Waals surface area contributed by atoms with Crippen LogP contribution in [0.4, 0.5) is 11.5 Å². The highest BCUT2D eigenvalue weighted by Crippen LogP contribution is 2.24. The Balaban J connectivity index is 2.41. The molecule has 0 N–H and O–H groups in total. The van der Waals surface area contributed by atoms with Gasteiger partial charge in [0.2, 0.25) is 0 Å². The molecule has 0 saturated heterocycles. The minimum absolute atomic E-state index is 0.879. The van der Waals surface area contributed by atoms with Crippen LogP contribution in [0.2, 0.25) is 0 Å². The highest BCUT2D eigenvalue weighted by Gasteiger charge is 2.10. The zero-order chi connectivity index (χ0) is 11.4. The van der Waals surface area contributed by atoms with Gasteiger partial charge in [-0.2, -0.15) is 0 Å². The van der Waals surface area contributed by atoms with Gasteiger partial charge >= 0.3 is 0 Å². The molecule has 0 radical (unpaired) electrons. The maximum Gasteiger partial charge on any atom is 0.135 e. The largest absolute Gasteiger partial charge is 0.325 e. The summed E-state index contributed by atoms with van der Waals surface area (Å²) >= 11 is 0. The van der Waals surface area contributed by atoms with Crippen LogP contribution in [-0.4, -0.2) is 16.5 Å². The van der Waals surface area contributed by atoms with E-state index < -0.39 is 0 Å². The van der Waals surface area contributed by atoms with Gasteiger partial charge in [-0.1, -0.05) is 6.07 Å². The average Bonchev–Trinajstić information content (AvgIpc) is 2.34. The third kappa shape index (κ3) is 2.03. The Hall–Kier alpha value is -1.90. The van der Waals surface area contributed by atoms with Crippen LogP contribution in [0.1, 0.15) is 12.5 Å². The monoisotopic (exact) mass is 213 g/mol. The summed E-state index contributed by atoms with van der Waals surface area (Å²) in [5.74, 6) is 0.998. The third-order valence-corrected chi connectivity index (χ3v) is 2.51. The normalized spacial score (nSPS) is 10.1. The quantitative estimate of drug-likeness (QED) is 0.785. The van der Waals surface area contributed by atoms with E-state index in [0.717, 1.165) is 18.1 Å². The smallest absolute Gasteiger partial charge is 0.135 e. The first-order chi connectivity index (χ1) is 7.83. The molecule has 0 saturated carbocycles. The first kappa shape index (κ1) is 10.6. The maximum atomic E-state index is 4.42. The van der Waals surface area contributed by atoms with E-state index in [0.29, 0.717) is 0 Å². The molecule has 0 aliphatic heterocycles. The van der Waals surface area contributed by atoms with E-state index in [1.54, 1.807) is 6.20 Å². The lowest BCUT2D eigenvalue weighted by molar-refractivity contribution is 0.973. The molecule has 3 nitrogen and oxygen atoms in total. The van der Waals surface area contributed by atoms with Crippen LogP contribution in [0.5, 0.6) is 0 Å². The number of hydrogen-bond donors (Lipinski definition) is 0. The molecule has 0 spiro atoms. The predicted molar refractivity (Wildman–Crippen MR) is 65.9 cm³/mol. The van der Waals surface area contributed by atoms with Crippen LogP contribution in [-0.2, 0) is 0 Å². The van der Waals surface area contributed by atoms with E-state index >= 15 is 0 Å². The zero-order valence-electron chi connectivity index (χ0n) is 9.59. The van der Waals surface area contributed by atoms with Crippen molar-refractivity contribution in [3.63, 3.8) is 0 Å². The van der Waals surface area contributed by atoms with Crippen molar-refractivity contribution in [2.24, 2.45) is 0 Å². The second kappa shape index (κ2) is 4.75. The minimum Gasteiger partial charge on any atom is -0.325 e. The van der Waals surface area contributed by atoms with Crippen LogP contribution in [0.15, 0.2) is 42.9 Å². The number of aromatic nitrogens is 2. The van der Waals surface area contributed by atoms with Crippen LogP contribution in [0, 0.1) is 6.92 Å². The Labute approximate surface area is 95.8 Å². The topological polar surface area (TPSA) is 29.0 Å². The Morgan fingerprint density at radius 1 is 1.19 bits per heavy atom. The lowest BCUT2D eigenvalue weighted by atomic mass is 10.2. The molecule has 0 aliphatic rings. The van der Waals surface area contributed by atoms with E-state index in [-0.39, 0.29) is 0 Å². The Morgan fingerprint density at radius 3 is 2.62 bits per heavy atom. The fraction of sp³-hybridized carbons (Fsp3) is 0.231. The van der Waals surface area contributed by atoms with Gasteiger partial charge in [-0.05, 0) is 37.6 Å². The van der Waals surface area contributed by atoms with Crippen molar-refractivity contribution < 1.29 is 0 Å². The van der Waals surface area contributed by atoms with E-state index in [4.69, 9.17) is 0 Å². The second-order valence-corrected chi connectivity index (χ2v) is 3.60. The lowest BCUT2D eigenvalue weighted by Gasteiger charge is -2.23. The zero-order valence-corrected chi connectivity index (χ0v) is 9.59. The molecule has 0 aromatic carbocycles. The molecule has 2 aromatic heterocycles. The van der Waals surface area contributed by atoms with Gasteiger partial charge in [-0.3, -0.25) is 4.98 Å². The fourth-order valence-corrected chi connectivity index (χ4v) is 1.73. The average molecular weight is 213 g/mol. The van der Waals surface area contributed by atoms with Gasteiger partial charge in [0.1, 0.15) is 5.82 Å². The van der Waals surface area contributed by atoms with E-state index in [2.05, 4.69) is 34.8 Å². The van der Waals surface area contributed by atoms with Crippen LogP contribution >= 0.6 is 0 Å². The molecule has 0 aliphatic carbocycles. The molecular formula is C13H15N3. The number of rotatable bonds is 3. The number of nitrogens with zero attached hydrogens (tertiary/aromatic N) is 3. The van der Waals surface area contributed by atoms with Crippen LogP contribution in [0.25, 0.3) is 0 Å². The van der Waals surface area contributed by atoms with Crippen molar-refractivity contribution in [2.45, 2.75) is 13.8 Å². The second-order valence-electron chi connectivity index (χ2n) is 3.60. The summed E-state index contributed by atoms with van der Waals surface area (Å²) in [6, 6.07) is 8.01. The standard InChI is InChI=1S/C13H15N3/c1-3-16(12-7-5-8-14-10-12)13-11(2)6-4-9-15-13/h4-10H,3H2,1-2H3. The van der Waals surface area contributed by atoms with Crippen molar-refractivity contribution in [3.8, 4) is 0 Å². The summed E-state index contributed by atoms with van der Waals surface area (Å²) in [5.41, 5.74) is 2.25. The van der Waals surface area contributed by atoms with Crippen molar-refractivity contribution in [1.29, 1.82) is 0 Å². The fourth-order valence-electron chi connectivity index (χ4n) is 1.73. The van der Waals surface area contributed by atoms with E-state index in [9.17, 15) is 0 Å². The number of aryl methyl sites for hydroxylation is 1. The van der Waals surface area contributed by atoms with E-state index in [1.807, 2.05) is 30.6 Å². The summed E-state index contributed by atoms with van der Waals surface area (Å²) in [6.45, 7) is 5.06. The van der Waals surface area contributed by atoms with Gasteiger partial charge in [0, 0.05) is 18.9 Å². The summed E-state index contributed by atoms with van der Waals surface area (Å²) < 4.78 is 0. The molecule has 0 bridgehead atoms. The van der Waals surface area contributed by atoms with Gasteiger partial charge in [-0.25, -0.2) is 4.98 Å². The summed E-state index contributed by atoms with van der Waals surface area (Å²) in [7, 11) is 0. The molecule has 3 heteroatoms. The molecule has 2 heterocycles. The molecule has 16 heavy (non-hydrogen) atoms. The SMILES string of the molecule is CCN(c1cccnc1)c1ncccc1C. The highest BCUT2D eigenvalue weighted by molar-refractivity contribution is 5.61. The maximum absolute atomic E-state index is 4.42. The number of hydrogen-bond acceptors (Lipinski definition) is 3. The van der Waals surface area contributed by atoms with Gasteiger partial charge in [0.25, 0.3) is 0 Å². The summed E-state index contributed by atoms with van der Waals surface area (Å²) in [6.07, 6.45) is 5.46. The third-order valence-electron chi connectivity index (χ3n) is 2.51. The highest BCUT2D eigenvalue weighted by atomic mass is 15.2. The first-order valence-electron chi connectivity index (χ1n) is 5.42. The van der Waals surface area contributed by atoms with Crippen molar-refractivity contribution >= 4 is 11.5 Å². The lowest BCUT2D eigenvalue weighted by Crippen LogP contribution is -2.18. The van der Waals surface area contributed by atoms with E-state index in [1.165, 1.54) is 5.56 Å². The van der Waals surface area contributed by atoms with Crippen molar-refractivity contribution in [2.75, 3.05) is 11.4 Å². The molecule has 2 aromatic rings.